The normalized spacial score (nSPS) is 19.5. The summed E-state index contributed by atoms with van der Waals surface area (Å²) >= 11 is 0. The van der Waals surface area contributed by atoms with Crippen molar-refractivity contribution in [3.8, 4) is 11.5 Å². The lowest BCUT2D eigenvalue weighted by atomic mass is 9.73. The van der Waals surface area contributed by atoms with Crippen LogP contribution in [0.4, 0.5) is 0 Å². The maximum atomic E-state index is 12.7. The Hall–Kier alpha value is -2.48. The molecule has 7 nitrogen and oxygen atoms in total. The van der Waals surface area contributed by atoms with Gasteiger partial charge in [-0.1, -0.05) is 43.6 Å². The molecule has 0 heterocycles. The molecule has 1 aromatic carbocycles. The van der Waals surface area contributed by atoms with Gasteiger partial charge in [0.1, 0.15) is 11.5 Å². The highest BCUT2D eigenvalue weighted by Crippen LogP contribution is 2.47. The molecule has 35 heavy (non-hydrogen) atoms. The fraction of sp³-hybridized carbons (Fsp3) is 0.571. The first-order valence-corrected chi connectivity index (χ1v) is 12.5. The Bertz CT molecular complexity index is 888. The highest BCUT2D eigenvalue weighted by Gasteiger charge is 2.33. The second-order valence-corrected chi connectivity index (χ2v) is 9.62. The lowest BCUT2D eigenvalue weighted by Gasteiger charge is -2.33. The molecule has 0 radical (unpaired) electrons. The van der Waals surface area contributed by atoms with Crippen LogP contribution in [0.1, 0.15) is 76.8 Å². The summed E-state index contributed by atoms with van der Waals surface area (Å²) in [5, 5.41) is 28.6. The van der Waals surface area contributed by atoms with Crippen molar-refractivity contribution in [2.45, 2.75) is 78.2 Å². The predicted octanol–water partition coefficient (Wildman–Crippen LogP) is 4.23. The van der Waals surface area contributed by atoms with Crippen LogP contribution < -0.4 is 9.47 Å². The molecule has 0 saturated heterocycles. The topological polar surface area (TPSA) is 113 Å². The molecule has 0 saturated carbocycles. The van der Waals surface area contributed by atoms with E-state index in [1.807, 2.05) is 13.8 Å². The number of aliphatic hydroxyl groups excluding tert-OH is 3. The Morgan fingerprint density at radius 3 is 2.29 bits per heavy atom. The first kappa shape index (κ1) is 28.8. The molecule has 0 unspecified atom stereocenters. The van der Waals surface area contributed by atoms with Crippen LogP contribution in [0.2, 0.25) is 0 Å². The number of hydrogen-bond acceptors (Lipinski definition) is 7. The van der Waals surface area contributed by atoms with Gasteiger partial charge >= 0.3 is 11.9 Å². The SMILES string of the molecule is C=C(C)[C@@H]1CCC(C)=C[C@H]1c1c(OC(=O)[C@@H](C)CO)cc(CCCCC)cc1OC(=O)[C@@H](O)CO. The Morgan fingerprint density at radius 2 is 1.74 bits per heavy atom. The van der Waals surface area contributed by atoms with E-state index in [1.165, 1.54) is 0 Å². The summed E-state index contributed by atoms with van der Waals surface area (Å²) in [4.78, 5) is 25.2. The zero-order chi connectivity index (χ0) is 26.1. The number of carbonyl (C=O) groups excluding carboxylic acids is 2. The van der Waals surface area contributed by atoms with E-state index < -0.39 is 30.6 Å². The van der Waals surface area contributed by atoms with Gasteiger partial charge in [0, 0.05) is 11.5 Å². The number of benzene rings is 1. The summed E-state index contributed by atoms with van der Waals surface area (Å²) in [7, 11) is 0. The van der Waals surface area contributed by atoms with E-state index in [-0.39, 0.29) is 29.9 Å². The molecule has 1 aliphatic rings. The minimum atomic E-state index is -1.69. The van der Waals surface area contributed by atoms with Crippen LogP contribution in [0.25, 0.3) is 0 Å². The minimum Gasteiger partial charge on any atom is -0.426 e. The van der Waals surface area contributed by atoms with Crippen LogP contribution in [-0.2, 0) is 16.0 Å². The monoisotopic (exact) mass is 488 g/mol. The van der Waals surface area contributed by atoms with E-state index in [2.05, 4.69) is 19.6 Å². The highest BCUT2D eigenvalue weighted by molar-refractivity contribution is 5.79. The molecule has 0 amide bonds. The minimum absolute atomic E-state index is 0.0255. The van der Waals surface area contributed by atoms with Crippen molar-refractivity contribution >= 4 is 11.9 Å². The number of allylic oxidation sites excluding steroid dienone is 3. The van der Waals surface area contributed by atoms with Gasteiger partial charge < -0.3 is 24.8 Å². The summed E-state index contributed by atoms with van der Waals surface area (Å²) in [6, 6.07) is 3.56. The third-order valence-electron chi connectivity index (χ3n) is 6.49. The van der Waals surface area contributed by atoms with Gasteiger partial charge in [-0.3, -0.25) is 4.79 Å². The van der Waals surface area contributed by atoms with E-state index in [0.717, 1.165) is 48.8 Å². The van der Waals surface area contributed by atoms with Crippen LogP contribution in [-0.4, -0.2) is 46.6 Å². The van der Waals surface area contributed by atoms with Crippen LogP contribution in [0.15, 0.2) is 35.9 Å². The Morgan fingerprint density at radius 1 is 1.11 bits per heavy atom. The average Bonchev–Trinajstić information content (AvgIpc) is 2.82. The van der Waals surface area contributed by atoms with E-state index in [9.17, 15) is 24.9 Å². The van der Waals surface area contributed by atoms with Crippen LogP contribution in [0.5, 0.6) is 11.5 Å². The first-order chi connectivity index (χ1) is 16.6. The van der Waals surface area contributed by atoms with E-state index in [1.54, 1.807) is 19.1 Å². The molecule has 2 rings (SSSR count). The molecule has 3 N–H and O–H groups in total. The molecule has 0 fully saturated rings. The van der Waals surface area contributed by atoms with Gasteiger partial charge in [0.2, 0.25) is 0 Å². The molecule has 1 aromatic rings. The van der Waals surface area contributed by atoms with Crippen LogP contribution >= 0.6 is 0 Å². The largest absolute Gasteiger partial charge is 0.426 e. The lowest BCUT2D eigenvalue weighted by molar-refractivity contribution is -0.145. The zero-order valence-corrected chi connectivity index (χ0v) is 21.4. The van der Waals surface area contributed by atoms with Gasteiger partial charge in [-0.2, -0.15) is 0 Å². The summed E-state index contributed by atoms with van der Waals surface area (Å²) in [5.74, 6) is -2.08. The number of esters is 2. The summed E-state index contributed by atoms with van der Waals surface area (Å²) in [6.07, 6.45) is 5.77. The number of unbranched alkanes of at least 4 members (excludes halogenated alkanes) is 2. The fourth-order valence-electron chi connectivity index (χ4n) is 4.32. The Labute approximate surface area is 208 Å². The number of carbonyl (C=O) groups is 2. The van der Waals surface area contributed by atoms with Gasteiger partial charge in [0.05, 0.1) is 19.1 Å². The van der Waals surface area contributed by atoms with Gasteiger partial charge in [-0.05, 0) is 70.1 Å². The van der Waals surface area contributed by atoms with Crippen molar-refractivity contribution in [3.05, 3.63) is 47.1 Å². The van der Waals surface area contributed by atoms with Crippen LogP contribution in [0, 0.1) is 11.8 Å². The third kappa shape index (κ3) is 7.75. The van der Waals surface area contributed by atoms with Gasteiger partial charge in [-0.25, -0.2) is 4.79 Å². The third-order valence-corrected chi connectivity index (χ3v) is 6.49. The van der Waals surface area contributed by atoms with Crippen molar-refractivity contribution < 1.29 is 34.4 Å². The molecule has 7 heteroatoms. The second-order valence-electron chi connectivity index (χ2n) is 9.62. The molecule has 0 spiro atoms. The molecular formula is C28H40O7. The highest BCUT2D eigenvalue weighted by atomic mass is 16.6. The molecule has 4 atom stereocenters. The fourth-order valence-corrected chi connectivity index (χ4v) is 4.32. The maximum absolute atomic E-state index is 12.7. The van der Waals surface area contributed by atoms with E-state index in [0.29, 0.717) is 12.0 Å². The number of aryl methyl sites for hydroxylation is 1. The summed E-state index contributed by atoms with van der Waals surface area (Å²) < 4.78 is 11.4. The standard InChI is InChI=1S/C28H40O7/c1-6-7-8-9-20-13-24(34-27(32)19(5)15-29)26(25(14-20)35-28(33)23(31)16-30)22-12-18(4)10-11-21(22)17(2)3/h12-14,19,21-23,29-31H,2,6-11,15-16H2,1,3-5H3/t19-,21-,22+,23-/m0/s1. The van der Waals surface area contributed by atoms with Crippen LogP contribution in [0.3, 0.4) is 0 Å². The second kappa shape index (κ2) is 13.6. The number of hydrogen-bond donors (Lipinski definition) is 3. The van der Waals surface area contributed by atoms with Crippen molar-refractivity contribution in [1.82, 2.24) is 0 Å². The molecular weight excluding hydrogens is 448 g/mol. The molecule has 1 aliphatic carbocycles. The molecule has 0 bridgehead atoms. The quantitative estimate of drug-likeness (QED) is 0.175. The number of aliphatic hydroxyl groups is 3. The predicted molar refractivity (Wildman–Crippen MR) is 134 cm³/mol. The molecule has 0 aromatic heterocycles. The Kier molecular flexibility index (Phi) is 11.1. The first-order valence-electron chi connectivity index (χ1n) is 12.5. The maximum Gasteiger partial charge on any atom is 0.342 e. The summed E-state index contributed by atoms with van der Waals surface area (Å²) in [5.41, 5.74) is 3.47. The van der Waals surface area contributed by atoms with Gasteiger partial charge in [0.25, 0.3) is 0 Å². The van der Waals surface area contributed by atoms with Crippen molar-refractivity contribution in [2.75, 3.05) is 13.2 Å². The van der Waals surface area contributed by atoms with E-state index in [4.69, 9.17) is 9.47 Å². The molecule has 0 aliphatic heterocycles. The zero-order valence-electron chi connectivity index (χ0n) is 21.4. The average molecular weight is 489 g/mol. The van der Waals surface area contributed by atoms with Gasteiger partial charge in [0.15, 0.2) is 6.10 Å². The van der Waals surface area contributed by atoms with Crippen molar-refractivity contribution in [1.29, 1.82) is 0 Å². The smallest absolute Gasteiger partial charge is 0.342 e. The summed E-state index contributed by atoms with van der Waals surface area (Å²) in [6.45, 7) is 10.7. The van der Waals surface area contributed by atoms with E-state index >= 15 is 0 Å². The van der Waals surface area contributed by atoms with Crippen molar-refractivity contribution in [3.63, 3.8) is 0 Å². The number of ether oxygens (including phenoxy) is 2. The van der Waals surface area contributed by atoms with Crippen molar-refractivity contribution in [2.24, 2.45) is 11.8 Å². The number of rotatable bonds is 12. The Balaban J connectivity index is 2.72. The molecule has 194 valence electrons. The van der Waals surface area contributed by atoms with Gasteiger partial charge in [-0.15, -0.1) is 0 Å². The lowest BCUT2D eigenvalue weighted by Crippen LogP contribution is -2.30.